The summed E-state index contributed by atoms with van der Waals surface area (Å²) in [7, 11) is 0. The molecule has 2 aromatic carbocycles. The van der Waals surface area contributed by atoms with Crippen LogP contribution in [0.3, 0.4) is 0 Å². The van der Waals surface area contributed by atoms with E-state index in [1.807, 2.05) is 0 Å². The average molecular weight is 358 g/mol. The third-order valence-corrected chi connectivity index (χ3v) is 3.34. The number of carboxylic acid groups (broad SMARTS) is 2. The summed E-state index contributed by atoms with van der Waals surface area (Å²) in [6.07, 6.45) is 1.05. The van der Waals surface area contributed by atoms with Crippen LogP contribution in [0, 0.1) is 0 Å². The summed E-state index contributed by atoms with van der Waals surface area (Å²) in [5.74, 6) is -2.38. The van der Waals surface area contributed by atoms with Crippen molar-refractivity contribution in [1.29, 1.82) is 0 Å². The molecule has 134 valence electrons. The predicted octanol–water partition coefficient (Wildman–Crippen LogP) is 2.17. The molecule has 2 aromatic rings. The highest BCUT2D eigenvalue weighted by Gasteiger charge is 2.14. The molecule has 0 amide bonds. The number of carboxylic acids is 2. The van der Waals surface area contributed by atoms with Gasteiger partial charge in [0.25, 0.3) is 0 Å². The second-order valence-corrected chi connectivity index (χ2v) is 5.05. The Labute approximate surface area is 147 Å². The molecule has 8 heteroatoms. The number of hydrogen-bond acceptors (Lipinski definition) is 6. The highest BCUT2D eigenvalue weighted by molar-refractivity contribution is 5.94. The maximum Gasteiger partial charge on any atom is 0.339 e. The molecule has 0 fully saturated rings. The monoisotopic (exact) mass is 358 g/mol. The third kappa shape index (κ3) is 4.44. The number of ether oxygens (including phenoxy) is 2. The lowest BCUT2D eigenvalue weighted by Crippen LogP contribution is -2.13. The van der Waals surface area contributed by atoms with Crippen LogP contribution in [0.2, 0.25) is 0 Å². The fourth-order valence-corrected chi connectivity index (χ4v) is 2.13. The molecule has 0 aliphatic carbocycles. The number of aldehydes is 2. The van der Waals surface area contributed by atoms with Gasteiger partial charge in [-0.25, -0.2) is 9.59 Å². The third-order valence-electron chi connectivity index (χ3n) is 3.34. The first-order chi connectivity index (χ1) is 12.5. The minimum absolute atomic E-state index is 0.0569. The van der Waals surface area contributed by atoms with Crippen molar-refractivity contribution in [3.63, 3.8) is 0 Å². The number of carbonyl (C=O) groups excluding carboxylic acids is 2. The molecule has 0 bridgehead atoms. The summed E-state index contributed by atoms with van der Waals surface area (Å²) in [4.78, 5) is 43.8. The van der Waals surface area contributed by atoms with Crippen LogP contribution in [0.15, 0.2) is 36.4 Å². The van der Waals surface area contributed by atoms with Gasteiger partial charge in [0, 0.05) is 11.1 Å². The van der Waals surface area contributed by atoms with Gasteiger partial charge in [0.2, 0.25) is 0 Å². The Morgan fingerprint density at radius 2 is 1.15 bits per heavy atom. The molecule has 0 atom stereocenters. The zero-order valence-corrected chi connectivity index (χ0v) is 13.4. The van der Waals surface area contributed by atoms with E-state index >= 15 is 0 Å². The summed E-state index contributed by atoms with van der Waals surface area (Å²) in [6, 6.07) is 7.91. The van der Waals surface area contributed by atoms with Gasteiger partial charge in [-0.2, -0.15) is 0 Å². The lowest BCUT2D eigenvalue weighted by molar-refractivity contribution is 0.0677. The van der Waals surface area contributed by atoms with Crippen LogP contribution in [0.1, 0.15) is 41.4 Å². The van der Waals surface area contributed by atoms with Gasteiger partial charge in [0.1, 0.15) is 48.4 Å². The highest BCUT2D eigenvalue weighted by atomic mass is 16.5. The molecule has 2 N–H and O–H groups in total. The van der Waals surface area contributed by atoms with Gasteiger partial charge in [-0.1, -0.05) is 0 Å². The van der Waals surface area contributed by atoms with Gasteiger partial charge in [-0.15, -0.1) is 0 Å². The van der Waals surface area contributed by atoms with Crippen molar-refractivity contribution in [2.75, 3.05) is 13.2 Å². The first-order valence-corrected chi connectivity index (χ1v) is 7.37. The van der Waals surface area contributed by atoms with Crippen molar-refractivity contribution in [3.05, 3.63) is 58.7 Å². The Morgan fingerprint density at radius 3 is 1.46 bits per heavy atom. The van der Waals surface area contributed by atoms with Crippen molar-refractivity contribution < 1.29 is 38.9 Å². The molecule has 8 nitrogen and oxygen atoms in total. The first kappa shape index (κ1) is 18.7. The predicted molar refractivity (Wildman–Crippen MR) is 88.6 cm³/mol. The summed E-state index contributed by atoms with van der Waals surface area (Å²) in [5, 5.41) is 18.3. The molecule has 0 radical (unpaired) electrons. The van der Waals surface area contributed by atoms with E-state index in [2.05, 4.69) is 0 Å². The fraction of sp³-hybridized carbons (Fsp3) is 0.111. The average Bonchev–Trinajstić information content (AvgIpc) is 2.64. The quantitative estimate of drug-likeness (QED) is 0.516. The van der Waals surface area contributed by atoms with Gasteiger partial charge >= 0.3 is 11.9 Å². The Kier molecular flexibility index (Phi) is 6.05. The molecular weight excluding hydrogens is 344 g/mol. The van der Waals surface area contributed by atoms with E-state index in [1.54, 1.807) is 0 Å². The van der Waals surface area contributed by atoms with Crippen LogP contribution in [0.4, 0.5) is 0 Å². The Morgan fingerprint density at radius 1 is 0.769 bits per heavy atom. The SMILES string of the molecule is O=Cc1ccc(OCCOc2ccc(C=O)cc2C(=O)O)c(C(=O)O)c1. The summed E-state index contributed by atoms with van der Waals surface area (Å²) >= 11 is 0. The van der Waals surface area contributed by atoms with Crippen LogP contribution in [-0.4, -0.2) is 47.9 Å². The number of aromatic carboxylic acids is 2. The van der Waals surface area contributed by atoms with Gasteiger partial charge in [-0.3, -0.25) is 9.59 Å². The van der Waals surface area contributed by atoms with E-state index in [0.29, 0.717) is 12.6 Å². The molecular formula is C18H14O8. The summed E-state index contributed by atoms with van der Waals surface area (Å²) < 4.78 is 10.7. The molecule has 0 unspecified atom stereocenters. The van der Waals surface area contributed by atoms with E-state index in [0.717, 1.165) is 0 Å². The Balaban J connectivity index is 2.03. The second kappa shape index (κ2) is 8.43. The van der Waals surface area contributed by atoms with Crippen molar-refractivity contribution in [1.82, 2.24) is 0 Å². The van der Waals surface area contributed by atoms with E-state index in [-0.39, 0.29) is 47.0 Å². The van der Waals surface area contributed by atoms with Crippen LogP contribution in [0.5, 0.6) is 11.5 Å². The van der Waals surface area contributed by atoms with E-state index in [4.69, 9.17) is 19.7 Å². The molecule has 0 aliphatic heterocycles. The summed E-state index contributed by atoms with van der Waals surface area (Å²) in [5.41, 5.74) is 0.0621. The highest BCUT2D eigenvalue weighted by Crippen LogP contribution is 2.21. The topological polar surface area (TPSA) is 127 Å². The lowest BCUT2D eigenvalue weighted by Gasteiger charge is -2.12. The van der Waals surface area contributed by atoms with Gasteiger partial charge < -0.3 is 19.7 Å². The Bertz CT molecular complexity index is 785. The van der Waals surface area contributed by atoms with Crippen molar-refractivity contribution in [3.8, 4) is 11.5 Å². The van der Waals surface area contributed by atoms with Crippen molar-refractivity contribution >= 4 is 24.5 Å². The Hall–Kier alpha value is -3.68. The first-order valence-electron chi connectivity index (χ1n) is 7.37. The molecule has 0 saturated heterocycles. The number of carbonyl (C=O) groups is 4. The maximum absolute atomic E-state index is 11.2. The smallest absolute Gasteiger partial charge is 0.339 e. The zero-order chi connectivity index (χ0) is 19.1. The van der Waals surface area contributed by atoms with Crippen LogP contribution >= 0.6 is 0 Å². The van der Waals surface area contributed by atoms with Crippen molar-refractivity contribution in [2.45, 2.75) is 0 Å². The fourth-order valence-electron chi connectivity index (χ4n) is 2.13. The van der Waals surface area contributed by atoms with E-state index in [1.165, 1.54) is 36.4 Å². The van der Waals surface area contributed by atoms with Crippen LogP contribution in [-0.2, 0) is 0 Å². The van der Waals surface area contributed by atoms with Crippen molar-refractivity contribution in [2.24, 2.45) is 0 Å². The lowest BCUT2D eigenvalue weighted by atomic mass is 10.1. The standard InChI is InChI=1S/C18H14O8/c19-9-11-1-3-15(13(7-11)17(21)22)25-5-6-26-16-4-2-12(10-20)8-14(16)18(23)24/h1-4,7-10H,5-6H2,(H,21,22)(H,23,24). The molecule has 0 aliphatic rings. The largest absolute Gasteiger partial charge is 0.489 e. The molecule has 0 spiro atoms. The number of benzene rings is 2. The van der Waals surface area contributed by atoms with Gasteiger partial charge in [0.15, 0.2) is 0 Å². The van der Waals surface area contributed by atoms with E-state index < -0.39 is 11.9 Å². The summed E-state index contributed by atoms with van der Waals surface area (Å²) in [6.45, 7) is -0.121. The zero-order valence-electron chi connectivity index (χ0n) is 13.4. The normalized spacial score (nSPS) is 10.0. The van der Waals surface area contributed by atoms with Crippen LogP contribution < -0.4 is 9.47 Å². The maximum atomic E-state index is 11.2. The molecule has 0 saturated carbocycles. The molecule has 26 heavy (non-hydrogen) atoms. The van der Waals surface area contributed by atoms with E-state index in [9.17, 15) is 19.2 Å². The van der Waals surface area contributed by atoms with Crippen LogP contribution in [0.25, 0.3) is 0 Å². The molecule has 0 heterocycles. The van der Waals surface area contributed by atoms with Gasteiger partial charge in [0.05, 0.1) is 0 Å². The van der Waals surface area contributed by atoms with Gasteiger partial charge in [-0.05, 0) is 36.4 Å². The number of rotatable bonds is 9. The number of hydrogen-bond donors (Lipinski definition) is 2. The minimum Gasteiger partial charge on any atom is -0.489 e. The molecule has 0 aromatic heterocycles. The molecule has 2 rings (SSSR count). The second-order valence-electron chi connectivity index (χ2n) is 5.05. The minimum atomic E-state index is -1.25.